The average molecular weight is 498 g/mol. The summed E-state index contributed by atoms with van der Waals surface area (Å²) in [6.07, 6.45) is 8.88. The summed E-state index contributed by atoms with van der Waals surface area (Å²) in [5, 5.41) is 0. The molecule has 1 aromatic rings. The molecular weight excluding hydrogens is 461 g/mol. The zero-order valence-electron chi connectivity index (χ0n) is 17.4. The highest BCUT2D eigenvalue weighted by molar-refractivity contribution is 14.0. The first kappa shape index (κ1) is 20.9. The molecule has 0 radical (unpaired) electrons. The molecule has 1 aliphatic heterocycles. The van der Waals surface area contributed by atoms with E-state index in [1.54, 1.807) is 5.56 Å². The summed E-state index contributed by atoms with van der Waals surface area (Å²) in [7, 11) is 0. The molecule has 0 spiro atoms. The number of halogens is 1. The fraction of sp³-hybridized carbons (Fsp3) is 0.750. The van der Waals surface area contributed by atoms with Gasteiger partial charge in [-0.05, 0) is 86.3 Å². The van der Waals surface area contributed by atoms with Gasteiger partial charge in [0.05, 0.1) is 19.8 Å². The number of likely N-dealkylation sites (N-methyl/N-ethyl adjacent to an activating group) is 1. The summed E-state index contributed by atoms with van der Waals surface area (Å²) in [6.45, 7) is 9.43. The van der Waals surface area contributed by atoms with E-state index in [1.807, 2.05) is 0 Å². The second kappa shape index (κ2) is 8.43. The minimum atomic E-state index is 0. The molecule has 0 N–H and O–H groups in total. The van der Waals surface area contributed by atoms with Crippen LogP contribution in [0.4, 0.5) is 0 Å². The summed E-state index contributed by atoms with van der Waals surface area (Å²) in [5.41, 5.74) is 2.10. The first-order valence-corrected chi connectivity index (χ1v) is 11.3. The molecule has 4 aliphatic carbocycles. The molecule has 6 rings (SSSR count). The predicted molar refractivity (Wildman–Crippen MR) is 123 cm³/mol. The van der Waals surface area contributed by atoms with Gasteiger partial charge < -0.3 is 14.0 Å². The van der Waals surface area contributed by atoms with Gasteiger partial charge in [0, 0.05) is 0 Å². The molecule has 0 atom stereocenters. The fourth-order valence-electron chi connectivity index (χ4n) is 7.15. The van der Waals surface area contributed by atoms with Crippen LogP contribution in [0.15, 0.2) is 24.3 Å². The maximum Gasteiger partial charge on any atom is 0.137 e. The van der Waals surface area contributed by atoms with Gasteiger partial charge in [-0.2, -0.15) is 0 Å². The van der Waals surface area contributed by atoms with Crippen LogP contribution in [0.5, 0.6) is 5.75 Å². The van der Waals surface area contributed by atoms with Crippen molar-refractivity contribution in [3.05, 3.63) is 29.8 Å². The number of nitrogens with zero attached hydrogens (tertiary/aromatic N) is 1. The lowest BCUT2D eigenvalue weighted by molar-refractivity contribution is -0.933. The van der Waals surface area contributed by atoms with Crippen molar-refractivity contribution in [2.24, 2.45) is 17.8 Å². The van der Waals surface area contributed by atoms with Crippen molar-refractivity contribution in [1.29, 1.82) is 0 Å². The van der Waals surface area contributed by atoms with E-state index in [0.29, 0.717) is 5.41 Å². The molecule has 5 fully saturated rings. The highest BCUT2D eigenvalue weighted by Crippen LogP contribution is 2.60. The maximum atomic E-state index is 6.15. The van der Waals surface area contributed by atoms with Crippen molar-refractivity contribution >= 4 is 24.0 Å². The Morgan fingerprint density at radius 2 is 1.54 bits per heavy atom. The van der Waals surface area contributed by atoms with Crippen LogP contribution >= 0.6 is 24.0 Å². The number of ether oxygens (including phenoxy) is 2. The van der Waals surface area contributed by atoms with Crippen LogP contribution in [0, 0.1) is 17.8 Å². The minimum absolute atomic E-state index is 0. The van der Waals surface area contributed by atoms with E-state index < -0.39 is 0 Å². The molecule has 1 heterocycles. The van der Waals surface area contributed by atoms with Gasteiger partial charge in [0.15, 0.2) is 0 Å². The van der Waals surface area contributed by atoms with Gasteiger partial charge in [-0.1, -0.05) is 12.1 Å². The summed E-state index contributed by atoms with van der Waals surface area (Å²) >= 11 is 0. The van der Waals surface area contributed by atoms with Crippen molar-refractivity contribution in [1.82, 2.24) is 0 Å². The number of quaternary nitrogens is 1. The molecular formula is C24H37INO2+. The molecule has 3 nitrogen and oxygen atoms in total. The molecule has 0 aromatic heterocycles. The lowest BCUT2D eigenvalue weighted by atomic mass is 9.48. The van der Waals surface area contributed by atoms with Crippen LogP contribution in [-0.2, 0) is 10.2 Å². The van der Waals surface area contributed by atoms with Gasteiger partial charge in [-0.3, -0.25) is 0 Å². The van der Waals surface area contributed by atoms with Crippen molar-refractivity contribution in [3.63, 3.8) is 0 Å². The van der Waals surface area contributed by atoms with Crippen LogP contribution in [0.3, 0.4) is 0 Å². The zero-order chi connectivity index (χ0) is 18.3. The first-order chi connectivity index (χ1) is 13.2. The topological polar surface area (TPSA) is 18.5 Å². The van der Waals surface area contributed by atoms with Crippen molar-refractivity contribution in [2.75, 3.05) is 46.0 Å². The minimum Gasteiger partial charge on any atom is -0.488 e. The second-order valence-corrected chi connectivity index (χ2v) is 10.0. The Morgan fingerprint density at radius 3 is 2.07 bits per heavy atom. The van der Waals surface area contributed by atoms with Crippen molar-refractivity contribution < 1.29 is 14.0 Å². The van der Waals surface area contributed by atoms with Crippen LogP contribution in [0.25, 0.3) is 0 Å². The van der Waals surface area contributed by atoms with Crippen LogP contribution in [0.1, 0.15) is 51.0 Å². The third-order valence-electron chi connectivity index (χ3n) is 8.43. The molecule has 4 saturated carbocycles. The first-order valence-electron chi connectivity index (χ1n) is 11.3. The average Bonchev–Trinajstić information content (AvgIpc) is 2.68. The van der Waals surface area contributed by atoms with Crippen LogP contribution in [0.2, 0.25) is 0 Å². The Hall–Kier alpha value is -0.330. The molecule has 1 saturated heterocycles. The lowest BCUT2D eigenvalue weighted by Crippen LogP contribution is -2.56. The number of hydrogen-bond acceptors (Lipinski definition) is 2. The van der Waals surface area contributed by atoms with Gasteiger partial charge in [-0.15, -0.1) is 24.0 Å². The van der Waals surface area contributed by atoms with Gasteiger partial charge in [-0.25, -0.2) is 0 Å². The Balaban J connectivity index is 0.00000192. The number of rotatable bonds is 6. The molecule has 1 aromatic carbocycles. The number of benzene rings is 1. The van der Waals surface area contributed by atoms with Crippen LogP contribution in [-0.4, -0.2) is 50.5 Å². The molecule has 0 unspecified atom stereocenters. The standard InChI is InChI=1S/C24H36NO2.HI/c1-2-25(7-10-26-11-8-25)9-12-27-23-5-3-22(4-6-23)24-16-19-13-20(17-24)15-21(14-19)18-24;/h3-6,19-21H,2,7-18H2,1H3;1H/q+1;. The van der Waals surface area contributed by atoms with E-state index in [2.05, 4.69) is 31.2 Å². The summed E-state index contributed by atoms with van der Waals surface area (Å²) in [6, 6.07) is 9.26. The third-order valence-corrected chi connectivity index (χ3v) is 8.43. The van der Waals surface area contributed by atoms with E-state index in [0.717, 1.165) is 67.4 Å². The van der Waals surface area contributed by atoms with Crippen molar-refractivity contribution in [2.45, 2.75) is 50.9 Å². The molecule has 4 heteroatoms. The fourth-order valence-corrected chi connectivity index (χ4v) is 7.15. The summed E-state index contributed by atoms with van der Waals surface area (Å²) in [4.78, 5) is 0. The molecule has 156 valence electrons. The number of hydrogen-bond donors (Lipinski definition) is 0. The summed E-state index contributed by atoms with van der Waals surface area (Å²) in [5.74, 6) is 4.07. The third kappa shape index (κ3) is 3.98. The molecule has 0 amide bonds. The molecule has 4 bridgehead atoms. The normalized spacial score (nSPS) is 35.4. The highest BCUT2D eigenvalue weighted by Gasteiger charge is 2.51. The van der Waals surface area contributed by atoms with E-state index in [-0.39, 0.29) is 24.0 Å². The Morgan fingerprint density at radius 1 is 0.964 bits per heavy atom. The predicted octanol–water partition coefficient (Wildman–Crippen LogP) is 5.02. The maximum absolute atomic E-state index is 6.15. The van der Waals surface area contributed by atoms with Crippen LogP contribution < -0.4 is 4.74 Å². The Labute approximate surface area is 187 Å². The Kier molecular flexibility index (Phi) is 6.30. The quantitative estimate of drug-likeness (QED) is 0.405. The van der Waals surface area contributed by atoms with Crippen molar-refractivity contribution in [3.8, 4) is 5.75 Å². The van der Waals surface area contributed by atoms with E-state index in [4.69, 9.17) is 9.47 Å². The lowest BCUT2D eigenvalue weighted by Gasteiger charge is -2.57. The Bertz CT molecular complexity index is 618. The van der Waals surface area contributed by atoms with Gasteiger partial charge in [0.1, 0.15) is 32.0 Å². The zero-order valence-corrected chi connectivity index (χ0v) is 19.7. The SMILES string of the molecule is CC[N+]1(CCOc2ccc(C34CC5CC(CC(C5)C3)C4)cc2)CCOCC1.I. The van der Waals surface area contributed by atoms with Gasteiger partial charge in [0.2, 0.25) is 0 Å². The van der Waals surface area contributed by atoms with E-state index >= 15 is 0 Å². The molecule has 5 aliphatic rings. The van der Waals surface area contributed by atoms with Gasteiger partial charge >= 0.3 is 0 Å². The monoisotopic (exact) mass is 498 g/mol. The van der Waals surface area contributed by atoms with Gasteiger partial charge in [0.25, 0.3) is 0 Å². The second-order valence-electron chi connectivity index (χ2n) is 10.0. The summed E-state index contributed by atoms with van der Waals surface area (Å²) < 4.78 is 12.8. The molecule has 28 heavy (non-hydrogen) atoms. The van der Waals surface area contributed by atoms with E-state index in [1.165, 1.54) is 45.1 Å². The van der Waals surface area contributed by atoms with E-state index in [9.17, 15) is 0 Å². The smallest absolute Gasteiger partial charge is 0.137 e. The largest absolute Gasteiger partial charge is 0.488 e. The highest BCUT2D eigenvalue weighted by atomic mass is 127. The number of morpholine rings is 1.